The molecule has 0 spiro atoms. The van der Waals surface area contributed by atoms with Crippen molar-refractivity contribution in [3.63, 3.8) is 0 Å². The second-order valence-electron chi connectivity index (χ2n) is 6.83. The van der Waals surface area contributed by atoms with Gasteiger partial charge in [0.25, 0.3) is 0 Å². The molecule has 4 rings (SSSR count). The first kappa shape index (κ1) is 19.0. The Morgan fingerprint density at radius 3 is 2.69 bits per heavy atom. The first-order chi connectivity index (χ1) is 14.1. The monoisotopic (exact) mass is 403 g/mol. The Kier molecular flexibility index (Phi) is 5.48. The number of fused-ring (bicyclic) bond motifs is 1. The Morgan fingerprint density at radius 1 is 1.10 bits per heavy atom. The zero-order chi connectivity index (χ0) is 20.2. The van der Waals surface area contributed by atoms with Gasteiger partial charge in [0.05, 0.1) is 5.39 Å². The first-order valence-electron chi connectivity index (χ1n) is 9.34. The molecular formula is C22H21N5OS. The van der Waals surface area contributed by atoms with Crippen LogP contribution in [0.4, 0.5) is 11.6 Å². The molecule has 29 heavy (non-hydrogen) atoms. The average molecular weight is 404 g/mol. The second-order valence-corrected chi connectivity index (χ2v) is 7.86. The highest BCUT2D eigenvalue weighted by molar-refractivity contribution is 7.21. The van der Waals surface area contributed by atoms with Crippen molar-refractivity contribution in [1.29, 1.82) is 0 Å². The molecule has 1 aromatic carbocycles. The van der Waals surface area contributed by atoms with Crippen LogP contribution < -0.4 is 10.2 Å². The number of thiophene rings is 1. The fourth-order valence-electron chi connectivity index (χ4n) is 3.01. The number of anilines is 2. The van der Waals surface area contributed by atoms with E-state index in [1.165, 1.54) is 0 Å². The van der Waals surface area contributed by atoms with Crippen molar-refractivity contribution in [1.82, 2.24) is 15.0 Å². The van der Waals surface area contributed by atoms with E-state index in [9.17, 15) is 4.79 Å². The van der Waals surface area contributed by atoms with Crippen LogP contribution in [0.25, 0.3) is 20.7 Å². The standard InChI is InChI=1S/C22H21N5OS/c1-15-8-9-19(23-13-15)26-20(28)10-11-27(2)21-17-12-18(16-6-4-3-5-7-16)29-22(17)25-14-24-21/h3-9,12-14H,10-11H2,1-2H3,(H,23,26,28). The zero-order valence-corrected chi connectivity index (χ0v) is 17.1. The van der Waals surface area contributed by atoms with E-state index in [2.05, 4.69) is 38.5 Å². The molecule has 3 aromatic heterocycles. The number of nitrogens with one attached hydrogen (secondary N) is 1. The van der Waals surface area contributed by atoms with E-state index in [1.54, 1.807) is 29.9 Å². The summed E-state index contributed by atoms with van der Waals surface area (Å²) >= 11 is 1.64. The van der Waals surface area contributed by atoms with Gasteiger partial charge in [-0.3, -0.25) is 4.79 Å². The third kappa shape index (κ3) is 4.41. The Hall–Kier alpha value is -3.32. The lowest BCUT2D eigenvalue weighted by molar-refractivity contribution is -0.116. The molecule has 4 aromatic rings. The van der Waals surface area contributed by atoms with Gasteiger partial charge < -0.3 is 10.2 Å². The lowest BCUT2D eigenvalue weighted by Gasteiger charge is -2.18. The fourth-order valence-corrected chi connectivity index (χ4v) is 4.01. The van der Waals surface area contributed by atoms with Crippen molar-refractivity contribution >= 4 is 39.1 Å². The highest BCUT2D eigenvalue weighted by atomic mass is 32.1. The van der Waals surface area contributed by atoms with Gasteiger partial charge >= 0.3 is 0 Å². The van der Waals surface area contributed by atoms with Gasteiger partial charge in [0.2, 0.25) is 5.91 Å². The molecule has 0 radical (unpaired) electrons. The van der Waals surface area contributed by atoms with Gasteiger partial charge in [-0.25, -0.2) is 15.0 Å². The van der Waals surface area contributed by atoms with Crippen molar-refractivity contribution < 1.29 is 4.79 Å². The Morgan fingerprint density at radius 2 is 1.93 bits per heavy atom. The van der Waals surface area contributed by atoms with E-state index in [0.29, 0.717) is 18.8 Å². The maximum Gasteiger partial charge on any atom is 0.227 e. The number of hydrogen-bond acceptors (Lipinski definition) is 6. The van der Waals surface area contributed by atoms with E-state index >= 15 is 0 Å². The van der Waals surface area contributed by atoms with Crippen molar-refractivity contribution in [2.24, 2.45) is 0 Å². The Bertz CT molecular complexity index is 1130. The van der Waals surface area contributed by atoms with E-state index in [-0.39, 0.29) is 5.91 Å². The van der Waals surface area contributed by atoms with Gasteiger partial charge in [0, 0.05) is 31.1 Å². The van der Waals surface area contributed by atoms with Gasteiger partial charge in [0.1, 0.15) is 22.8 Å². The van der Waals surface area contributed by atoms with Gasteiger partial charge in [-0.05, 0) is 30.2 Å². The minimum Gasteiger partial charge on any atom is -0.359 e. The number of amides is 1. The lowest BCUT2D eigenvalue weighted by Crippen LogP contribution is -2.25. The molecule has 0 atom stereocenters. The van der Waals surface area contributed by atoms with Crippen LogP contribution in [-0.2, 0) is 4.79 Å². The van der Waals surface area contributed by atoms with Crippen LogP contribution in [0.5, 0.6) is 0 Å². The zero-order valence-electron chi connectivity index (χ0n) is 16.3. The molecule has 1 amide bonds. The van der Waals surface area contributed by atoms with Crippen LogP contribution in [0.2, 0.25) is 0 Å². The summed E-state index contributed by atoms with van der Waals surface area (Å²) in [6, 6.07) is 16.1. The van der Waals surface area contributed by atoms with Crippen LogP contribution in [0.1, 0.15) is 12.0 Å². The molecule has 3 heterocycles. The van der Waals surface area contributed by atoms with Gasteiger partial charge in [0.15, 0.2) is 0 Å². The van der Waals surface area contributed by atoms with Crippen molar-refractivity contribution in [2.75, 3.05) is 23.8 Å². The number of carbonyl (C=O) groups excluding carboxylic acids is 1. The SMILES string of the molecule is Cc1ccc(NC(=O)CCN(C)c2ncnc3sc(-c4ccccc4)cc23)nc1. The van der Waals surface area contributed by atoms with Crippen LogP contribution in [0, 0.1) is 6.92 Å². The second kappa shape index (κ2) is 8.36. The van der Waals surface area contributed by atoms with Gasteiger partial charge in [-0.2, -0.15) is 0 Å². The predicted molar refractivity (Wildman–Crippen MR) is 118 cm³/mol. The smallest absolute Gasteiger partial charge is 0.227 e. The molecule has 7 heteroatoms. The summed E-state index contributed by atoms with van der Waals surface area (Å²) in [5, 5.41) is 3.83. The minimum absolute atomic E-state index is 0.0752. The average Bonchev–Trinajstić information content (AvgIpc) is 3.19. The topological polar surface area (TPSA) is 71.0 Å². The molecule has 1 N–H and O–H groups in total. The van der Waals surface area contributed by atoms with Crippen molar-refractivity contribution in [2.45, 2.75) is 13.3 Å². The summed E-state index contributed by atoms with van der Waals surface area (Å²) < 4.78 is 0. The number of aromatic nitrogens is 3. The highest BCUT2D eigenvalue weighted by Gasteiger charge is 2.14. The molecule has 0 bridgehead atoms. The molecule has 0 aliphatic heterocycles. The first-order valence-corrected chi connectivity index (χ1v) is 10.2. The number of hydrogen-bond donors (Lipinski definition) is 1. The summed E-state index contributed by atoms with van der Waals surface area (Å²) in [6.07, 6.45) is 3.66. The van der Waals surface area contributed by atoms with Crippen molar-refractivity contribution in [3.8, 4) is 10.4 Å². The van der Waals surface area contributed by atoms with Gasteiger partial charge in [-0.15, -0.1) is 11.3 Å². The molecule has 0 fully saturated rings. The summed E-state index contributed by atoms with van der Waals surface area (Å²) in [6.45, 7) is 2.50. The van der Waals surface area contributed by atoms with E-state index in [1.807, 2.05) is 43.1 Å². The Labute approximate surface area is 173 Å². The molecule has 146 valence electrons. The molecule has 0 saturated heterocycles. The molecule has 0 saturated carbocycles. The highest BCUT2D eigenvalue weighted by Crippen LogP contribution is 2.35. The lowest BCUT2D eigenvalue weighted by atomic mass is 10.2. The summed E-state index contributed by atoms with van der Waals surface area (Å²) in [4.78, 5) is 29.5. The maximum absolute atomic E-state index is 12.3. The maximum atomic E-state index is 12.3. The molecular weight excluding hydrogens is 382 g/mol. The van der Waals surface area contributed by atoms with Gasteiger partial charge in [-0.1, -0.05) is 36.4 Å². The molecule has 6 nitrogen and oxygen atoms in total. The molecule has 0 aliphatic rings. The predicted octanol–water partition coefficient (Wildman–Crippen LogP) is 4.53. The van der Waals surface area contributed by atoms with Crippen molar-refractivity contribution in [3.05, 3.63) is 66.6 Å². The summed E-state index contributed by atoms with van der Waals surface area (Å²) in [5.41, 5.74) is 2.22. The van der Waals surface area contributed by atoms with Crippen LogP contribution in [-0.4, -0.2) is 34.5 Å². The normalized spacial score (nSPS) is 10.8. The molecule has 0 aliphatic carbocycles. The molecule has 0 unspecified atom stereocenters. The van der Waals surface area contributed by atoms with E-state index < -0.39 is 0 Å². The number of rotatable bonds is 6. The largest absolute Gasteiger partial charge is 0.359 e. The number of nitrogens with zero attached hydrogens (tertiary/aromatic N) is 4. The third-order valence-corrected chi connectivity index (χ3v) is 5.67. The number of carbonyl (C=O) groups is 1. The van der Waals surface area contributed by atoms with E-state index in [4.69, 9.17) is 0 Å². The van der Waals surface area contributed by atoms with Crippen LogP contribution >= 0.6 is 11.3 Å². The minimum atomic E-state index is -0.0752. The third-order valence-electron chi connectivity index (χ3n) is 4.58. The summed E-state index contributed by atoms with van der Waals surface area (Å²) in [7, 11) is 1.94. The number of aryl methyl sites for hydroxylation is 1. The van der Waals surface area contributed by atoms with Crippen LogP contribution in [0.3, 0.4) is 0 Å². The quantitative estimate of drug-likeness (QED) is 0.512. The fraction of sp³-hybridized carbons (Fsp3) is 0.182. The summed E-state index contributed by atoms with van der Waals surface area (Å²) in [5.74, 6) is 1.32. The van der Waals surface area contributed by atoms with Crippen LogP contribution in [0.15, 0.2) is 61.1 Å². The Balaban J connectivity index is 1.46. The van der Waals surface area contributed by atoms with E-state index in [0.717, 1.165) is 32.0 Å². The number of benzene rings is 1. The number of pyridine rings is 1.